The van der Waals surface area contributed by atoms with Gasteiger partial charge in [0.1, 0.15) is 18.0 Å². The topological polar surface area (TPSA) is 49.7 Å². The maximum Gasteiger partial charge on any atom is 0.140 e. The third kappa shape index (κ3) is 1.82. The van der Waals surface area contributed by atoms with Crippen molar-refractivity contribution in [2.75, 3.05) is 6.61 Å². The molecule has 0 saturated heterocycles. The van der Waals surface area contributed by atoms with Crippen molar-refractivity contribution in [2.45, 2.75) is 19.1 Å². The minimum atomic E-state index is -0.903. The molecule has 0 aromatic heterocycles. The molecule has 0 aromatic rings. The van der Waals surface area contributed by atoms with Crippen LogP contribution in [0.4, 0.5) is 0 Å². The lowest BCUT2D eigenvalue weighted by atomic mass is 10.1. The Balaban J connectivity index is 2.62. The smallest absolute Gasteiger partial charge is 0.140 e. The van der Waals surface area contributed by atoms with Crippen LogP contribution >= 0.6 is 0 Å². The number of hydrogen-bond donors (Lipinski definition) is 2. The van der Waals surface area contributed by atoms with Gasteiger partial charge in [-0.3, -0.25) is 0 Å². The zero-order valence-corrected chi connectivity index (χ0v) is 6.40. The lowest BCUT2D eigenvalue weighted by molar-refractivity contribution is 0.0258. The van der Waals surface area contributed by atoms with E-state index in [4.69, 9.17) is 9.84 Å². The SMILES string of the molecule is CCOC1=CC=CC(O)C1O. The molecule has 0 fully saturated rings. The van der Waals surface area contributed by atoms with Gasteiger partial charge in [-0.05, 0) is 13.0 Å². The molecule has 0 amide bonds. The molecule has 0 radical (unpaired) electrons. The quantitative estimate of drug-likeness (QED) is 0.600. The highest BCUT2D eigenvalue weighted by Gasteiger charge is 2.21. The highest BCUT2D eigenvalue weighted by molar-refractivity contribution is 5.21. The van der Waals surface area contributed by atoms with Gasteiger partial charge in [0.25, 0.3) is 0 Å². The third-order valence-electron chi connectivity index (χ3n) is 1.49. The first kappa shape index (κ1) is 8.30. The average molecular weight is 156 g/mol. The first-order chi connectivity index (χ1) is 5.25. The van der Waals surface area contributed by atoms with Gasteiger partial charge < -0.3 is 14.9 Å². The second kappa shape index (κ2) is 3.55. The molecule has 2 unspecified atom stereocenters. The van der Waals surface area contributed by atoms with Crippen LogP contribution in [0.5, 0.6) is 0 Å². The molecule has 0 bridgehead atoms. The molecule has 1 rings (SSSR count). The Labute approximate surface area is 65.6 Å². The van der Waals surface area contributed by atoms with E-state index in [9.17, 15) is 5.11 Å². The standard InChI is InChI=1S/C8H12O3/c1-2-11-7-5-3-4-6(9)8(7)10/h3-6,8-10H,2H2,1H3. The summed E-state index contributed by atoms with van der Waals surface area (Å²) in [6.07, 6.45) is 3.11. The molecule has 1 aliphatic carbocycles. The van der Waals surface area contributed by atoms with E-state index in [0.717, 1.165) is 0 Å². The molecule has 11 heavy (non-hydrogen) atoms. The van der Waals surface area contributed by atoms with E-state index in [0.29, 0.717) is 12.4 Å². The fraction of sp³-hybridized carbons (Fsp3) is 0.500. The Morgan fingerprint density at radius 1 is 1.55 bits per heavy atom. The summed E-state index contributed by atoms with van der Waals surface area (Å²) in [4.78, 5) is 0. The summed E-state index contributed by atoms with van der Waals surface area (Å²) in [5.41, 5.74) is 0. The molecule has 3 nitrogen and oxygen atoms in total. The summed E-state index contributed by atoms with van der Waals surface area (Å²) in [6, 6.07) is 0. The van der Waals surface area contributed by atoms with Crippen molar-refractivity contribution in [1.29, 1.82) is 0 Å². The van der Waals surface area contributed by atoms with Crippen molar-refractivity contribution in [3.8, 4) is 0 Å². The fourth-order valence-corrected chi connectivity index (χ4v) is 0.937. The summed E-state index contributed by atoms with van der Waals surface area (Å²) in [5.74, 6) is 0.433. The van der Waals surface area contributed by atoms with Crippen LogP contribution in [0.3, 0.4) is 0 Å². The fourth-order valence-electron chi connectivity index (χ4n) is 0.937. The van der Waals surface area contributed by atoms with Crippen molar-refractivity contribution >= 4 is 0 Å². The number of aliphatic hydroxyl groups is 2. The van der Waals surface area contributed by atoms with Gasteiger partial charge in [0.15, 0.2) is 0 Å². The lowest BCUT2D eigenvalue weighted by Gasteiger charge is -2.20. The molecule has 1 aliphatic rings. The van der Waals surface area contributed by atoms with Gasteiger partial charge in [-0.1, -0.05) is 12.2 Å². The highest BCUT2D eigenvalue weighted by atomic mass is 16.5. The van der Waals surface area contributed by atoms with Gasteiger partial charge in [-0.25, -0.2) is 0 Å². The van der Waals surface area contributed by atoms with Crippen molar-refractivity contribution < 1.29 is 14.9 Å². The van der Waals surface area contributed by atoms with E-state index in [1.54, 1.807) is 12.2 Å². The Morgan fingerprint density at radius 2 is 2.27 bits per heavy atom. The van der Waals surface area contributed by atoms with E-state index in [1.807, 2.05) is 6.92 Å². The van der Waals surface area contributed by atoms with Crippen LogP contribution in [0.25, 0.3) is 0 Å². The Bertz CT molecular complexity index is 184. The summed E-state index contributed by atoms with van der Waals surface area (Å²) >= 11 is 0. The maximum atomic E-state index is 9.27. The van der Waals surface area contributed by atoms with E-state index < -0.39 is 12.2 Å². The van der Waals surface area contributed by atoms with Gasteiger partial charge in [0.2, 0.25) is 0 Å². The zero-order valence-electron chi connectivity index (χ0n) is 6.40. The van der Waals surface area contributed by atoms with Crippen LogP contribution in [0.15, 0.2) is 24.0 Å². The summed E-state index contributed by atoms with van der Waals surface area (Å²) < 4.78 is 5.07. The number of ether oxygens (including phenoxy) is 1. The van der Waals surface area contributed by atoms with Crippen molar-refractivity contribution in [2.24, 2.45) is 0 Å². The van der Waals surface area contributed by atoms with E-state index in [2.05, 4.69) is 0 Å². The molecule has 2 N–H and O–H groups in total. The van der Waals surface area contributed by atoms with Gasteiger partial charge >= 0.3 is 0 Å². The number of rotatable bonds is 2. The molecule has 62 valence electrons. The summed E-state index contributed by atoms with van der Waals surface area (Å²) in [6.45, 7) is 2.34. The molecule has 0 aromatic carbocycles. The predicted octanol–water partition coefficient (Wildman–Crippen LogP) is 0.198. The number of hydrogen-bond acceptors (Lipinski definition) is 3. The number of aliphatic hydroxyl groups excluding tert-OH is 2. The van der Waals surface area contributed by atoms with E-state index in [-0.39, 0.29) is 0 Å². The van der Waals surface area contributed by atoms with Crippen LogP contribution in [0.2, 0.25) is 0 Å². The molecule has 0 saturated carbocycles. The van der Waals surface area contributed by atoms with Crippen LogP contribution in [-0.2, 0) is 4.74 Å². The zero-order chi connectivity index (χ0) is 8.27. The molecule has 3 heteroatoms. The summed E-state index contributed by atoms with van der Waals surface area (Å²) in [5, 5.41) is 18.4. The second-order valence-electron chi connectivity index (χ2n) is 2.32. The van der Waals surface area contributed by atoms with Crippen LogP contribution in [0, 0.1) is 0 Å². The summed E-state index contributed by atoms with van der Waals surface area (Å²) in [7, 11) is 0. The Kier molecular flexibility index (Phi) is 2.68. The monoisotopic (exact) mass is 156 g/mol. The van der Waals surface area contributed by atoms with Gasteiger partial charge in [-0.2, -0.15) is 0 Å². The molecule has 0 spiro atoms. The molecule has 0 aliphatic heterocycles. The Hall–Kier alpha value is -0.800. The normalized spacial score (nSPS) is 29.9. The molecular weight excluding hydrogens is 144 g/mol. The molecule has 2 atom stereocenters. The van der Waals surface area contributed by atoms with E-state index >= 15 is 0 Å². The van der Waals surface area contributed by atoms with Crippen LogP contribution in [-0.4, -0.2) is 29.0 Å². The predicted molar refractivity (Wildman–Crippen MR) is 40.9 cm³/mol. The van der Waals surface area contributed by atoms with Crippen molar-refractivity contribution in [3.63, 3.8) is 0 Å². The largest absolute Gasteiger partial charge is 0.495 e. The highest BCUT2D eigenvalue weighted by Crippen LogP contribution is 2.14. The second-order valence-corrected chi connectivity index (χ2v) is 2.32. The van der Waals surface area contributed by atoms with Gasteiger partial charge in [-0.15, -0.1) is 0 Å². The van der Waals surface area contributed by atoms with Crippen LogP contribution in [0.1, 0.15) is 6.92 Å². The minimum absolute atomic E-state index is 0.433. The average Bonchev–Trinajstić information content (AvgIpc) is 1.99. The molecular formula is C8H12O3. The van der Waals surface area contributed by atoms with E-state index in [1.165, 1.54) is 6.08 Å². The number of allylic oxidation sites excluding steroid dienone is 2. The van der Waals surface area contributed by atoms with Gasteiger partial charge in [0, 0.05) is 0 Å². The van der Waals surface area contributed by atoms with Crippen molar-refractivity contribution in [3.05, 3.63) is 24.0 Å². The third-order valence-corrected chi connectivity index (χ3v) is 1.49. The lowest BCUT2D eigenvalue weighted by Crippen LogP contribution is -2.28. The van der Waals surface area contributed by atoms with Crippen molar-refractivity contribution in [1.82, 2.24) is 0 Å². The van der Waals surface area contributed by atoms with Crippen LogP contribution < -0.4 is 0 Å². The molecule has 0 heterocycles. The first-order valence-corrected chi connectivity index (χ1v) is 3.63. The maximum absolute atomic E-state index is 9.27. The van der Waals surface area contributed by atoms with Gasteiger partial charge in [0.05, 0.1) is 6.61 Å². The minimum Gasteiger partial charge on any atom is -0.495 e. The first-order valence-electron chi connectivity index (χ1n) is 3.63. The Morgan fingerprint density at radius 3 is 2.91 bits per heavy atom.